The van der Waals surface area contributed by atoms with Gasteiger partial charge in [0, 0.05) is 38.0 Å². The number of piperidine rings is 1. The van der Waals surface area contributed by atoms with E-state index in [0.29, 0.717) is 32.4 Å². The van der Waals surface area contributed by atoms with Gasteiger partial charge in [0.1, 0.15) is 0 Å². The van der Waals surface area contributed by atoms with Crippen molar-refractivity contribution in [2.75, 3.05) is 46.0 Å². The minimum Gasteiger partial charge on any atom is -0.356 e. The molecule has 1 atom stereocenters. The van der Waals surface area contributed by atoms with Crippen LogP contribution in [0.1, 0.15) is 38.5 Å². The van der Waals surface area contributed by atoms with Crippen molar-refractivity contribution in [3.8, 4) is 0 Å². The molecule has 2 rings (SSSR count). The number of sulfonamides is 1. The summed E-state index contributed by atoms with van der Waals surface area (Å²) >= 11 is 0. The molecule has 2 aliphatic heterocycles. The van der Waals surface area contributed by atoms with E-state index in [9.17, 15) is 18.0 Å². The average molecular weight is 389 g/mol. The molecule has 0 aromatic rings. The molecule has 0 aromatic heterocycles. The van der Waals surface area contributed by atoms with Crippen LogP contribution in [-0.4, -0.2) is 81.5 Å². The number of likely N-dealkylation sites (tertiary alicyclic amines) is 1. The molecular formula is C17H32N4O4S. The number of hydrogen-bond acceptors (Lipinski definition) is 5. The van der Waals surface area contributed by atoms with Crippen LogP contribution >= 0.6 is 0 Å². The molecule has 0 spiro atoms. The van der Waals surface area contributed by atoms with Gasteiger partial charge >= 0.3 is 0 Å². The molecule has 2 aliphatic rings. The topological polar surface area (TPSA) is 98.8 Å². The van der Waals surface area contributed by atoms with Crippen molar-refractivity contribution in [1.29, 1.82) is 0 Å². The van der Waals surface area contributed by atoms with Gasteiger partial charge in [0.25, 0.3) is 0 Å². The van der Waals surface area contributed by atoms with Gasteiger partial charge < -0.3 is 15.5 Å². The molecule has 0 saturated carbocycles. The summed E-state index contributed by atoms with van der Waals surface area (Å²) in [6, 6.07) is 0.207. The highest BCUT2D eigenvalue weighted by atomic mass is 32.2. The van der Waals surface area contributed by atoms with E-state index in [-0.39, 0.29) is 36.7 Å². The van der Waals surface area contributed by atoms with Crippen LogP contribution in [-0.2, 0) is 19.6 Å². The van der Waals surface area contributed by atoms with Gasteiger partial charge in [-0.2, -0.15) is 0 Å². The zero-order valence-electron chi connectivity index (χ0n) is 15.9. The Hall–Kier alpha value is -1.19. The number of rotatable bonds is 3. The fourth-order valence-electron chi connectivity index (χ4n) is 3.54. The van der Waals surface area contributed by atoms with Crippen molar-refractivity contribution >= 4 is 21.8 Å². The zero-order valence-corrected chi connectivity index (χ0v) is 16.7. The smallest absolute Gasteiger partial charge is 0.223 e. The molecule has 0 aromatic carbocycles. The van der Waals surface area contributed by atoms with Gasteiger partial charge in [-0.15, -0.1) is 0 Å². The van der Waals surface area contributed by atoms with Crippen LogP contribution in [0.3, 0.4) is 0 Å². The van der Waals surface area contributed by atoms with Gasteiger partial charge in [-0.25, -0.2) is 12.7 Å². The Morgan fingerprint density at radius 2 is 1.81 bits per heavy atom. The molecule has 0 aliphatic carbocycles. The maximum atomic E-state index is 12.7. The average Bonchev–Trinajstić information content (AvgIpc) is 2.60. The van der Waals surface area contributed by atoms with Crippen LogP contribution < -0.4 is 10.6 Å². The number of carbonyl (C=O) groups excluding carboxylic acids is 2. The first-order valence-electron chi connectivity index (χ1n) is 9.46. The summed E-state index contributed by atoms with van der Waals surface area (Å²) in [6.45, 7) is 2.95. The molecule has 2 heterocycles. The standard InChI is InChI=1S/C17H32N4O4S/c1-20-11-6-15(7-12-20)19-17(23)14-4-3-10-21(26(2,24)25)13-8-16(22)18-9-5-14/h14-15H,3-13H2,1-2H3,(H,18,22)(H,19,23). The number of nitrogens with zero attached hydrogens (tertiary/aromatic N) is 2. The van der Waals surface area contributed by atoms with E-state index in [4.69, 9.17) is 0 Å². The summed E-state index contributed by atoms with van der Waals surface area (Å²) < 4.78 is 25.1. The highest BCUT2D eigenvalue weighted by Crippen LogP contribution is 2.16. The fraction of sp³-hybridized carbons (Fsp3) is 0.882. The van der Waals surface area contributed by atoms with Crippen LogP contribution in [0.4, 0.5) is 0 Å². The Morgan fingerprint density at radius 1 is 1.12 bits per heavy atom. The van der Waals surface area contributed by atoms with Crippen molar-refractivity contribution < 1.29 is 18.0 Å². The van der Waals surface area contributed by atoms with E-state index < -0.39 is 10.0 Å². The molecule has 2 amide bonds. The van der Waals surface area contributed by atoms with E-state index >= 15 is 0 Å². The maximum Gasteiger partial charge on any atom is 0.223 e. The van der Waals surface area contributed by atoms with Gasteiger partial charge in [0.2, 0.25) is 21.8 Å². The summed E-state index contributed by atoms with van der Waals surface area (Å²) in [5.74, 6) is -0.344. The first-order valence-corrected chi connectivity index (χ1v) is 11.3. The number of nitrogens with one attached hydrogen (secondary N) is 2. The Labute approximate surface area is 156 Å². The van der Waals surface area contributed by atoms with Gasteiger partial charge in [-0.1, -0.05) is 0 Å². The minimum atomic E-state index is -3.35. The van der Waals surface area contributed by atoms with Crippen molar-refractivity contribution in [3.63, 3.8) is 0 Å². The summed E-state index contributed by atoms with van der Waals surface area (Å²) in [5.41, 5.74) is 0. The Morgan fingerprint density at radius 3 is 2.46 bits per heavy atom. The second-order valence-electron chi connectivity index (χ2n) is 7.48. The van der Waals surface area contributed by atoms with Gasteiger partial charge in [-0.05, 0) is 52.2 Å². The van der Waals surface area contributed by atoms with Gasteiger partial charge in [0.05, 0.1) is 6.26 Å². The second kappa shape index (κ2) is 9.66. The Kier molecular flexibility index (Phi) is 7.85. The maximum absolute atomic E-state index is 12.7. The molecule has 0 radical (unpaired) electrons. The molecule has 26 heavy (non-hydrogen) atoms. The number of amides is 2. The van der Waals surface area contributed by atoms with Gasteiger partial charge in [0.15, 0.2) is 0 Å². The largest absolute Gasteiger partial charge is 0.356 e. The van der Waals surface area contributed by atoms with E-state index in [2.05, 4.69) is 22.6 Å². The quantitative estimate of drug-likeness (QED) is 0.696. The van der Waals surface area contributed by atoms with Crippen molar-refractivity contribution in [2.24, 2.45) is 5.92 Å². The fourth-order valence-corrected chi connectivity index (χ4v) is 4.42. The second-order valence-corrected chi connectivity index (χ2v) is 9.46. The Balaban J connectivity index is 1.94. The molecule has 9 heteroatoms. The summed E-state index contributed by atoms with van der Waals surface area (Å²) in [7, 11) is -1.26. The third kappa shape index (κ3) is 6.85. The lowest BCUT2D eigenvalue weighted by Crippen LogP contribution is -2.45. The van der Waals surface area contributed by atoms with Crippen molar-refractivity contribution in [1.82, 2.24) is 19.8 Å². The van der Waals surface area contributed by atoms with Gasteiger partial charge in [-0.3, -0.25) is 9.59 Å². The lowest BCUT2D eigenvalue weighted by molar-refractivity contribution is -0.127. The number of carbonyl (C=O) groups is 2. The van der Waals surface area contributed by atoms with E-state index in [1.807, 2.05) is 0 Å². The molecule has 8 nitrogen and oxygen atoms in total. The first kappa shape index (κ1) is 21.1. The van der Waals surface area contributed by atoms with Crippen LogP contribution in [0.5, 0.6) is 0 Å². The van der Waals surface area contributed by atoms with Crippen LogP contribution in [0.25, 0.3) is 0 Å². The van der Waals surface area contributed by atoms with E-state index in [1.165, 1.54) is 4.31 Å². The predicted molar refractivity (Wildman–Crippen MR) is 100 cm³/mol. The monoisotopic (exact) mass is 388 g/mol. The Bertz CT molecular complexity index is 588. The molecule has 1 unspecified atom stereocenters. The lowest BCUT2D eigenvalue weighted by Gasteiger charge is -2.30. The minimum absolute atomic E-state index is 0.0268. The van der Waals surface area contributed by atoms with Crippen LogP contribution in [0.15, 0.2) is 0 Å². The summed E-state index contributed by atoms with van der Waals surface area (Å²) in [4.78, 5) is 26.8. The molecule has 0 bridgehead atoms. The third-order valence-electron chi connectivity index (χ3n) is 5.27. The molecule has 2 fully saturated rings. The van der Waals surface area contributed by atoms with Crippen LogP contribution in [0, 0.1) is 5.92 Å². The third-order valence-corrected chi connectivity index (χ3v) is 6.57. The number of hydrogen-bond donors (Lipinski definition) is 2. The van der Waals surface area contributed by atoms with Crippen molar-refractivity contribution in [3.05, 3.63) is 0 Å². The summed E-state index contributed by atoms with van der Waals surface area (Å²) in [5, 5.41) is 5.95. The molecule has 2 saturated heterocycles. The highest BCUT2D eigenvalue weighted by Gasteiger charge is 2.25. The molecule has 2 N–H and O–H groups in total. The lowest BCUT2D eigenvalue weighted by atomic mass is 9.96. The molecule has 150 valence electrons. The van der Waals surface area contributed by atoms with Crippen LogP contribution in [0.2, 0.25) is 0 Å². The SMILES string of the molecule is CN1CCC(NC(=O)C2CCCN(S(C)(=O)=O)CCC(=O)NCC2)CC1. The molecular weight excluding hydrogens is 356 g/mol. The predicted octanol–water partition coefficient (Wildman–Crippen LogP) is -0.235. The first-order chi connectivity index (χ1) is 12.3. The highest BCUT2D eigenvalue weighted by molar-refractivity contribution is 7.88. The van der Waals surface area contributed by atoms with E-state index in [0.717, 1.165) is 32.2 Å². The van der Waals surface area contributed by atoms with Crippen molar-refractivity contribution in [2.45, 2.75) is 44.6 Å². The zero-order chi connectivity index (χ0) is 19.2. The van der Waals surface area contributed by atoms with E-state index in [1.54, 1.807) is 0 Å². The normalized spacial score (nSPS) is 25.9. The summed E-state index contributed by atoms with van der Waals surface area (Å²) in [6.07, 6.45) is 5.05.